The summed E-state index contributed by atoms with van der Waals surface area (Å²) in [5.41, 5.74) is 9.94. The third-order valence-corrected chi connectivity index (χ3v) is 4.27. The van der Waals surface area contributed by atoms with Crippen LogP contribution in [0.25, 0.3) is 0 Å². The van der Waals surface area contributed by atoms with Crippen LogP contribution in [0, 0.1) is 25.2 Å². The van der Waals surface area contributed by atoms with E-state index >= 15 is 0 Å². The number of rotatable bonds is 5. The fourth-order valence-electron chi connectivity index (χ4n) is 2.38. The molecule has 1 aromatic heterocycles. The minimum atomic E-state index is -0.161. The smallest absolute Gasteiger partial charge is 0.140 e. The normalized spacial score (nSPS) is 13.5. The summed E-state index contributed by atoms with van der Waals surface area (Å²) >= 11 is 1.64. The quantitative estimate of drug-likeness (QED) is 0.904. The highest BCUT2D eigenvalue weighted by atomic mass is 32.1. The molecule has 3 nitrogen and oxygen atoms in total. The van der Waals surface area contributed by atoms with Gasteiger partial charge in [-0.25, -0.2) is 0 Å². The third kappa shape index (κ3) is 3.44. The Morgan fingerprint density at radius 1 is 1.33 bits per heavy atom. The molecule has 0 aliphatic rings. The summed E-state index contributed by atoms with van der Waals surface area (Å²) in [7, 11) is 0. The Labute approximate surface area is 130 Å². The van der Waals surface area contributed by atoms with Gasteiger partial charge in [0.15, 0.2) is 0 Å². The first-order chi connectivity index (χ1) is 10.1. The van der Waals surface area contributed by atoms with E-state index in [0.717, 1.165) is 28.9 Å². The molecule has 0 saturated carbocycles. The van der Waals surface area contributed by atoms with Crippen LogP contribution in [0.1, 0.15) is 41.7 Å². The zero-order valence-electron chi connectivity index (χ0n) is 12.6. The lowest BCUT2D eigenvalue weighted by atomic mass is 10.0. The van der Waals surface area contributed by atoms with Gasteiger partial charge in [0.2, 0.25) is 0 Å². The number of nitrogens with two attached hydrogens (primary N) is 1. The van der Waals surface area contributed by atoms with Crippen molar-refractivity contribution in [3.63, 3.8) is 0 Å². The number of hydrogen-bond acceptors (Lipinski definition) is 4. The molecule has 2 N–H and O–H groups in total. The van der Waals surface area contributed by atoms with Crippen molar-refractivity contribution in [2.75, 3.05) is 0 Å². The topological polar surface area (TPSA) is 59.0 Å². The van der Waals surface area contributed by atoms with Crippen molar-refractivity contribution >= 4 is 11.3 Å². The largest absolute Gasteiger partial charge is 0.484 e. The molecule has 2 rings (SSSR count). The highest BCUT2D eigenvalue weighted by molar-refractivity contribution is 7.07. The fourth-order valence-corrected chi connectivity index (χ4v) is 3.07. The summed E-state index contributed by atoms with van der Waals surface area (Å²) in [5, 5.41) is 13.1. The van der Waals surface area contributed by atoms with Crippen LogP contribution >= 0.6 is 11.3 Å². The lowest BCUT2D eigenvalue weighted by Gasteiger charge is -2.25. The molecule has 1 heterocycles. The number of ether oxygens (including phenoxy) is 1. The molecule has 1 aromatic carbocycles. The van der Waals surface area contributed by atoms with Crippen LogP contribution in [0.5, 0.6) is 5.75 Å². The van der Waals surface area contributed by atoms with Crippen LogP contribution in [0.15, 0.2) is 29.0 Å². The maximum absolute atomic E-state index is 9.03. The molecule has 0 amide bonds. The standard InChI is InChI=1S/C17H20N2OS/c1-4-15(19)17(14-5-6-21-10-14)20-16-11(2)7-13(9-18)8-12(16)3/h5-8,10,15,17H,4,19H2,1-3H3. The number of nitrogens with zero attached hydrogens (tertiary/aromatic N) is 1. The maximum atomic E-state index is 9.03. The Bertz CT molecular complexity index is 620. The van der Waals surface area contributed by atoms with Gasteiger partial charge in [0.25, 0.3) is 0 Å². The van der Waals surface area contributed by atoms with E-state index in [4.69, 9.17) is 15.7 Å². The van der Waals surface area contributed by atoms with E-state index in [1.54, 1.807) is 11.3 Å². The molecule has 0 aliphatic heterocycles. The molecular formula is C17H20N2OS. The number of thiophene rings is 1. The van der Waals surface area contributed by atoms with Gasteiger partial charge in [0.05, 0.1) is 11.6 Å². The molecule has 2 atom stereocenters. The molecular weight excluding hydrogens is 280 g/mol. The van der Waals surface area contributed by atoms with E-state index in [2.05, 4.69) is 24.4 Å². The zero-order valence-corrected chi connectivity index (χ0v) is 13.4. The minimum absolute atomic E-state index is 0.0611. The van der Waals surface area contributed by atoms with E-state index in [0.29, 0.717) is 5.56 Å². The van der Waals surface area contributed by atoms with Crippen molar-refractivity contribution in [3.05, 3.63) is 51.2 Å². The van der Waals surface area contributed by atoms with Crippen molar-refractivity contribution in [3.8, 4) is 11.8 Å². The van der Waals surface area contributed by atoms with Crippen molar-refractivity contribution in [1.29, 1.82) is 5.26 Å². The molecule has 0 spiro atoms. The summed E-state index contributed by atoms with van der Waals surface area (Å²) in [6.45, 7) is 5.99. The summed E-state index contributed by atoms with van der Waals surface area (Å²) < 4.78 is 6.24. The van der Waals surface area contributed by atoms with Crippen LogP contribution < -0.4 is 10.5 Å². The predicted molar refractivity (Wildman–Crippen MR) is 86.6 cm³/mol. The highest BCUT2D eigenvalue weighted by Gasteiger charge is 2.22. The van der Waals surface area contributed by atoms with Crippen molar-refractivity contribution < 1.29 is 4.74 Å². The van der Waals surface area contributed by atoms with Crippen molar-refractivity contribution in [2.24, 2.45) is 5.73 Å². The summed E-state index contributed by atoms with van der Waals surface area (Å²) in [5.74, 6) is 0.828. The second-order valence-electron chi connectivity index (χ2n) is 5.22. The first-order valence-electron chi connectivity index (χ1n) is 7.02. The highest BCUT2D eigenvalue weighted by Crippen LogP contribution is 2.32. The average molecular weight is 300 g/mol. The Kier molecular flexibility index (Phi) is 5.00. The average Bonchev–Trinajstić information content (AvgIpc) is 2.99. The number of aryl methyl sites for hydroxylation is 2. The molecule has 0 saturated heterocycles. The third-order valence-electron chi connectivity index (χ3n) is 3.57. The molecule has 4 heteroatoms. The number of nitriles is 1. The lowest BCUT2D eigenvalue weighted by Crippen LogP contribution is -2.31. The summed E-state index contributed by atoms with van der Waals surface area (Å²) in [6.07, 6.45) is 0.682. The van der Waals surface area contributed by atoms with Gasteiger partial charge in [-0.05, 0) is 60.4 Å². The first kappa shape index (κ1) is 15.6. The van der Waals surface area contributed by atoms with Crippen molar-refractivity contribution in [1.82, 2.24) is 0 Å². The van der Waals surface area contributed by atoms with Gasteiger partial charge in [-0.15, -0.1) is 0 Å². The molecule has 0 bridgehead atoms. The Morgan fingerprint density at radius 3 is 2.48 bits per heavy atom. The molecule has 2 aromatic rings. The van der Waals surface area contributed by atoms with Gasteiger partial charge >= 0.3 is 0 Å². The molecule has 2 unspecified atom stereocenters. The van der Waals surface area contributed by atoms with Gasteiger partial charge in [-0.2, -0.15) is 16.6 Å². The molecule has 21 heavy (non-hydrogen) atoms. The van der Waals surface area contributed by atoms with Gasteiger partial charge < -0.3 is 10.5 Å². The summed E-state index contributed by atoms with van der Waals surface area (Å²) in [4.78, 5) is 0. The van der Waals surface area contributed by atoms with E-state index in [9.17, 15) is 0 Å². The van der Waals surface area contributed by atoms with Crippen LogP contribution in [-0.4, -0.2) is 6.04 Å². The van der Waals surface area contributed by atoms with Crippen LogP contribution in [0.3, 0.4) is 0 Å². The molecule has 0 radical (unpaired) electrons. The lowest BCUT2D eigenvalue weighted by molar-refractivity contribution is 0.169. The second kappa shape index (κ2) is 6.75. The van der Waals surface area contributed by atoms with E-state index in [1.807, 2.05) is 31.4 Å². The maximum Gasteiger partial charge on any atom is 0.140 e. The van der Waals surface area contributed by atoms with Gasteiger partial charge in [-0.3, -0.25) is 0 Å². The van der Waals surface area contributed by atoms with Gasteiger partial charge in [0.1, 0.15) is 11.9 Å². The first-order valence-corrected chi connectivity index (χ1v) is 7.96. The number of benzene rings is 1. The van der Waals surface area contributed by atoms with Crippen LogP contribution in [0.4, 0.5) is 0 Å². The van der Waals surface area contributed by atoms with Crippen LogP contribution in [-0.2, 0) is 0 Å². The molecule has 110 valence electrons. The predicted octanol–water partition coefficient (Wildman–Crippen LogP) is 4.09. The molecule has 0 aliphatic carbocycles. The van der Waals surface area contributed by atoms with Crippen LogP contribution in [0.2, 0.25) is 0 Å². The zero-order chi connectivity index (χ0) is 15.4. The minimum Gasteiger partial charge on any atom is -0.484 e. The molecule has 0 fully saturated rings. The Morgan fingerprint density at radius 2 is 2.00 bits per heavy atom. The summed E-state index contributed by atoms with van der Waals surface area (Å²) in [6, 6.07) is 7.87. The van der Waals surface area contributed by atoms with Gasteiger partial charge in [0, 0.05) is 11.6 Å². The monoisotopic (exact) mass is 300 g/mol. The Balaban J connectivity index is 2.36. The Hall–Kier alpha value is -1.83. The van der Waals surface area contributed by atoms with E-state index in [1.165, 1.54) is 0 Å². The van der Waals surface area contributed by atoms with Crippen molar-refractivity contribution in [2.45, 2.75) is 39.3 Å². The number of hydrogen-bond donors (Lipinski definition) is 1. The van der Waals surface area contributed by atoms with Gasteiger partial charge in [-0.1, -0.05) is 6.92 Å². The van der Waals surface area contributed by atoms with E-state index in [-0.39, 0.29) is 12.1 Å². The SMILES string of the molecule is CCC(N)C(Oc1c(C)cc(C#N)cc1C)c1ccsc1. The fraction of sp³-hybridized carbons (Fsp3) is 0.353. The van der Waals surface area contributed by atoms with E-state index < -0.39 is 0 Å². The second-order valence-corrected chi connectivity index (χ2v) is 6.00.